The highest BCUT2D eigenvalue weighted by atomic mass is 35.5. The average Bonchev–Trinajstić information content (AvgIpc) is 2.78. The van der Waals surface area contributed by atoms with Crippen molar-refractivity contribution in [2.45, 2.75) is 32.6 Å². The van der Waals surface area contributed by atoms with Crippen LogP contribution in [0.4, 0.5) is 5.69 Å². The van der Waals surface area contributed by atoms with Gasteiger partial charge in [0.1, 0.15) is 5.75 Å². The van der Waals surface area contributed by atoms with Crippen LogP contribution in [-0.2, 0) is 14.3 Å². The van der Waals surface area contributed by atoms with E-state index < -0.39 is 0 Å². The zero-order valence-electron chi connectivity index (χ0n) is 15.6. The lowest BCUT2D eigenvalue weighted by Gasteiger charge is -2.24. The first-order valence-electron chi connectivity index (χ1n) is 8.88. The molecule has 6 nitrogen and oxygen atoms in total. The summed E-state index contributed by atoms with van der Waals surface area (Å²) in [4.78, 5) is 27.0. The summed E-state index contributed by atoms with van der Waals surface area (Å²) in [5.74, 6) is 0.0440. The van der Waals surface area contributed by atoms with Gasteiger partial charge in [0.15, 0.2) is 0 Å². The standard InChI is InChI=1S/C19H27ClN2O4/c1-13-10-16(17(26-3)12-15(13)20)21-18(23)11-14-6-4-5-7-22(19(14)24)8-9-25-2/h10,12,14H,4-9,11H2,1-3H3,(H,21,23). The second kappa shape index (κ2) is 9.78. The largest absolute Gasteiger partial charge is 0.495 e. The SMILES string of the molecule is COCCN1CCCCC(CC(=O)Nc2cc(C)c(Cl)cc2OC)C1=O. The average molecular weight is 383 g/mol. The summed E-state index contributed by atoms with van der Waals surface area (Å²) in [5.41, 5.74) is 1.41. The van der Waals surface area contributed by atoms with Crippen molar-refractivity contribution in [2.24, 2.45) is 5.92 Å². The van der Waals surface area contributed by atoms with Gasteiger partial charge in [0.25, 0.3) is 0 Å². The summed E-state index contributed by atoms with van der Waals surface area (Å²) in [6, 6.07) is 3.45. The van der Waals surface area contributed by atoms with Crippen molar-refractivity contribution in [2.75, 3.05) is 39.2 Å². The number of methoxy groups -OCH3 is 2. The topological polar surface area (TPSA) is 67.9 Å². The first-order valence-corrected chi connectivity index (χ1v) is 9.25. The van der Waals surface area contributed by atoms with Crippen LogP contribution in [0.2, 0.25) is 5.02 Å². The number of rotatable bonds is 7. The number of nitrogens with one attached hydrogen (secondary N) is 1. The predicted octanol–water partition coefficient (Wildman–Crippen LogP) is 3.26. The molecule has 1 fully saturated rings. The third-order valence-electron chi connectivity index (χ3n) is 4.64. The molecule has 2 rings (SSSR count). The number of ether oxygens (including phenoxy) is 2. The summed E-state index contributed by atoms with van der Waals surface area (Å²) in [6.45, 7) is 3.66. The molecule has 2 amide bonds. The molecule has 0 bridgehead atoms. The molecular formula is C19H27ClN2O4. The number of hydrogen-bond acceptors (Lipinski definition) is 4. The number of likely N-dealkylation sites (tertiary alicyclic amines) is 1. The summed E-state index contributed by atoms with van der Waals surface area (Å²) in [6.07, 6.45) is 2.79. The molecule has 1 aliphatic heterocycles. The van der Waals surface area contributed by atoms with Crippen molar-refractivity contribution < 1.29 is 19.1 Å². The lowest BCUT2D eigenvalue weighted by atomic mass is 9.98. The first kappa shape index (κ1) is 20.5. The molecule has 1 atom stereocenters. The second-order valence-corrected chi connectivity index (χ2v) is 6.97. The van der Waals surface area contributed by atoms with E-state index in [0.29, 0.717) is 29.6 Å². The zero-order chi connectivity index (χ0) is 19.1. The number of halogens is 1. The number of amides is 2. The lowest BCUT2D eigenvalue weighted by molar-refractivity contribution is -0.137. The third-order valence-corrected chi connectivity index (χ3v) is 5.05. The summed E-state index contributed by atoms with van der Waals surface area (Å²) in [7, 11) is 3.15. The van der Waals surface area contributed by atoms with Crippen LogP contribution in [0.5, 0.6) is 5.75 Å². The molecule has 0 spiro atoms. The molecule has 1 N–H and O–H groups in total. The van der Waals surface area contributed by atoms with E-state index in [9.17, 15) is 9.59 Å². The van der Waals surface area contributed by atoms with Crippen LogP contribution < -0.4 is 10.1 Å². The maximum absolute atomic E-state index is 12.7. The maximum Gasteiger partial charge on any atom is 0.226 e. The van der Waals surface area contributed by atoms with Crippen LogP contribution in [0.15, 0.2) is 12.1 Å². The van der Waals surface area contributed by atoms with Gasteiger partial charge in [-0.15, -0.1) is 0 Å². The zero-order valence-corrected chi connectivity index (χ0v) is 16.4. The summed E-state index contributed by atoms with van der Waals surface area (Å²) < 4.78 is 10.4. The van der Waals surface area contributed by atoms with Gasteiger partial charge in [0, 0.05) is 43.6 Å². The van der Waals surface area contributed by atoms with Crippen molar-refractivity contribution in [1.29, 1.82) is 0 Å². The molecule has 1 saturated heterocycles. The van der Waals surface area contributed by atoms with E-state index in [4.69, 9.17) is 21.1 Å². The number of benzene rings is 1. The maximum atomic E-state index is 12.7. The minimum atomic E-state index is -0.297. The number of nitrogens with zero attached hydrogens (tertiary/aromatic N) is 1. The molecular weight excluding hydrogens is 356 g/mol. The van der Waals surface area contributed by atoms with Gasteiger partial charge in [-0.25, -0.2) is 0 Å². The van der Waals surface area contributed by atoms with Crippen LogP contribution in [0.25, 0.3) is 0 Å². The van der Waals surface area contributed by atoms with Crippen LogP contribution in [0, 0.1) is 12.8 Å². The van der Waals surface area contributed by atoms with Gasteiger partial charge in [-0.05, 0) is 31.4 Å². The predicted molar refractivity (Wildman–Crippen MR) is 102 cm³/mol. The minimum absolute atomic E-state index is 0.0361. The molecule has 0 aromatic heterocycles. The second-order valence-electron chi connectivity index (χ2n) is 6.56. The first-order chi connectivity index (χ1) is 12.5. The summed E-state index contributed by atoms with van der Waals surface area (Å²) in [5, 5.41) is 3.43. The van der Waals surface area contributed by atoms with Crippen LogP contribution in [0.3, 0.4) is 0 Å². The Labute approximate surface area is 159 Å². The molecule has 1 aromatic carbocycles. The van der Waals surface area contributed by atoms with Crippen LogP contribution >= 0.6 is 11.6 Å². The molecule has 1 unspecified atom stereocenters. The molecule has 0 radical (unpaired) electrons. The highest BCUT2D eigenvalue weighted by Gasteiger charge is 2.28. The molecule has 7 heteroatoms. The summed E-state index contributed by atoms with van der Waals surface area (Å²) >= 11 is 6.10. The van der Waals surface area contributed by atoms with Gasteiger partial charge in [-0.1, -0.05) is 18.0 Å². The molecule has 0 saturated carbocycles. The molecule has 1 aliphatic rings. The van der Waals surface area contributed by atoms with E-state index in [1.165, 1.54) is 7.11 Å². The molecule has 26 heavy (non-hydrogen) atoms. The van der Waals surface area contributed by atoms with Crippen molar-refractivity contribution in [3.05, 3.63) is 22.7 Å². The van der Waals surface area contributed by atoms with E-state index in [1.807, 2.05) is 11.8 Å². The molecule has 1 heterocycles. The lowest BCUT2D eigenvalue weighted by Crippen LogP contribution is -2.38. The monoisotopic (exact) mass is 382 g/mol. The number of aryl methyl sites for hydroxylation is 1. The Bertz CT molecular complexity index is 651. The molecule has 144 valence electrons. The van der Waals surface area contributed by atoms with E-state index >= 15 is 0 Å². The minimum Gasteiger partial charge on any atom is -0.495 e. The number of anilines is 1. The fourth-order valence-electron chi connectivity index (χ4n) is 3.15. The Morgan fingerprint density at radius 1 is 1.35 bits per heavy atom. The Morgan fingerprint density at radius 2 is 2.12 bits per heavy atom. The van der Waals surface area contributed by atoms with Gasteiger partial charge in [-0.3, -0.25) is 9.59 Å². The van der Waals surface area contributed by atoms with Crippen LogP contribution in [0.1, 0.15) is 31.2 Å². The third kappa shape index (κ3) is 5.35. The van der Waals surface area contributed by atoms with E-state index in [2.05, 4.69) is 5.32 Å². The Balaban J connectivity index is 2.04. The highest BCUT2D eigenvalue weighted by molar-refractivity contribution is 6.31. The molecule has 0 aliphatic carbocycles. The van der Waals surface area contributed by atoms with E-state index in [0.717, 1.165) is 31.4 Å². The Kier molecular flexibility index (Phi) is 7.72. The van der Waals surface area contributed by atoms with Gasteiger partial charge in [-0.2, -0.15) is 0 Å². The fraction of sp³-hybridized carbons (Fsp3) is 0.579. The number of hydrogen-bond donors (Lipinski definition) is 1. The van der Waals surface area contributed by atoms with Crippen molar-refractivity contribution in [3.8, 4) is 5.75 Å². The van der Waals surface area contributed by atoms with Gasteiger partial charge >= 0.3 is 0 Å². The van der Waals surface area contributed by atoms with Crippen LogP contribution in [-0.4, -0.2) is 50.6 Å². The Hall–Kier alpha value is -1.79. The Morgan fingerprint density at radius 3 is 2.81 bits per heavy atom. The number of carbonyl (C=O) groups excluding carboxylic acids is 2. The van der Waals surface area contributed by atoms with Gasteiger partial charge < -0.3 is 19.7 Å². The van der Waals surface area contributed by atoms with Gasteiger partial charge in [0.05, 0.1) is 19.4 Å². The van der Waals surface area contributed by atoms with Gasteiger partial charge in [0.2, 0.25) is 11.8 Å². The quantitative estimate of drug-likeness (QED) is 0.785. The highest BCUT2D eigenvalue weighted by Crippen LogP contribution is 2.31. The molecule has 1 aromatic rings. The van der Waals surface area contributed by atoms with E-state index in [1.54, 1.807) is 19.2 Å². The smallest absolute Gasteiger partial charge is 0.226 e. The fourth-order valence-corrected chi connectivity index (χ4v) is 3.31. The van der Waals surface area contributed by atoms with Crippen molar-refractivity contribution >= 4 is 29.1 Å². The van der Waals surface area contributed by atoms with E-state index in [-0.39, 0.29) is 24.2 Å². The van der Waals surface area contributed by atoms with Crippen molar-refractivity contribution in [3.63, 3.8) is 0 Å². The van der Waals surface area contributed by atoms with Crippen molar-refractivity contribution in [1.82, 2.24) is 4.90 Å². The normalized spacial score (nSPS) is 17.8. The number of carbonyl (C=O) groups is 2.